The van der Waals surface area contributed by atoms with Gasteiger partial charge in [-0.2, -0.15) is 0 Å². The summed E-state index contributed by atoms with van der Waals surface area (Å²) in [5.41, 5.74) is -1.11. The molecule has 94 valence electrons. The molecule has 0 aliphatic carbocycles. The zero-order valence-electron chi connectivity index (χ0n) is 9.85. The molecule has 0 fully saturated rings. The third-order valence-corrected chi connectivity index (χ3v) is 2.33. The number of esters is 1. The highest BCUT2D eigenvalue weighted by molar-refractivity contribution is 5.83. The van der Waals surface area contributed by atoms with Crippen LogP contribution in [-0.4, -0.2) is 23.7 Å². The molecule has 0 heterocycles. The Balaban J connectivity index is 5.04. The molecule has 0 atom stereocenters. The summed E-state index contributed by atoms with van der Waals surface area (Å²) in [5.74, 6) is -1.61. The van der Waals surface area contributed by atoms with Gasteiger partial charge in [-0.15, -0.1) is 13.2 Å². The molecular formula is C13H18O4. The van der Waals surface area contributed by atoms with Crippen LogP contribution in [0.4, 0.5) is 0 Å². The molecule has 0 amide bonds. The average Bonchev–Trinajstić information content (AvgIpc) is 2.25. The van der Waals surface area contributed by atoms with Gasteiger partial charge in [-0.25, -0.2) is 0 Å². The maximum atomic E-state index is 11.9. The first-order chi connectivity index (χ1) is 8.02. The van der Waals surface area contributed by atoms with E-state index < -0.39 is 17.4 Å². The fourth-order valence-electron chi connectivity index (χ4n) is 1.60. The number of carboxylic acid groups (broad SMARTS) is 1. The Hall–Kier alpha value is -1.84. The van der Waals surface area contributed by atoms with Gasteiger partial charge < -0.3 is 9.84 Å². The minimum Gasteiger partial charge on any atom is -0.481 e. The standard InChI is InChI=1S/C13H18O4/c1-4-7-13(8-5-2,10-11(14)15)12(16)17-9-6-3/h4-6H,1-3,7-10H2,(H,14,15). The number of allylic oxidation sites excluding steroid dienone is 2. The summed E-state index contributed by atoms with van der Waals surface area (Å²) in [6, 6.07) is 0. The van der Waals surface area contributed by atoms with Gasteiger partial charge in [0.15, 0.2) is 0 Å². The van der Waals surface area contributed by atoms with Crippen molar-refractivity contribution in [1.29, 1.82) is 0 Å². The Morgan fingerprint density at radius 1 is 1.12 bits per heavy atom. The number of carbonyl (C=O) groups is 2. The SMILES string of the molecule is C=CCOC(=O)C(CC=C)(CC=C)CC(=O)O. The molecule has 0 rings (SSSR count). The molecule has 4 nitrogen and oxygen atoms in total. The fraction of sp³-hybridized carbons (Fsp3) is 0.385. The van der Waals surface area contributed by atoms with Gasteiger partial charge in [-0.3, -0.25) is 9.59 Å². The van der Waals surface area contributed by atoms with Crippen LogP contribution in [0.2, 0.25) is 0 Å². The van der Waals surface area contributed by atoms with Crippen LogP contribution < -0.4 is 0 Å². The van der Waals surface area contributed by atoms with Crippen LogP contribution in [0.3, 0.4) is 0 Å². The maximum Gasteiger partial charge on any atom is 0.313 e. The van der Waals surface area contributed by atoms with E-state index in [1.807, 2.05) is 0 Å². The molecule has 0 unspecified atom stereocenters. The Bertz CT molecular complexity index is 307. The van der Waals surface area contributed by atoms with Crippen molar-refractivity contribution in [2.75, 3.05) is 6.61 Å². The quantitative estimate of drug-likeness (QED) is 0.494. The minimum atomic E-state index is -1.11. The first-order valence-electron chi connectivity index (χ1n) is 5.24. The zero-order chi connectivity index (χ0) is 13.3. The normalized spacial score (nSPS) is 10.4. The van der Waals surface area contributed by atoms with Crippen LogP contribution in [0.1, 0.15) is 19.3 Å². The molecule has 0 saturated heterocycles. The summed E-state index contributed by atoms with van der Waals surface area (Å²) in [6.45, 7) is 10.6. The average molecular weight is 238 g/mol. The maximum absolute atomic E-state index is 11.9. The lowest BCUT2D eigenvalue weighted by Crippen LogP contribution is -2.34. The second-order valence-electron chi connectivity index (χ2n) is 3.72. The van der Waals surface area contributed by atoms with Crippen molar-refractivity contribution < 1.29 is 19.4 Å². The minimum absolute atomic E-state index is 0.0640. The predicted molar refractivity (Wildman–Crippen MR) is 65.5 cm³/mol. The van der Waals surface area contributed by atoms with Gasteiger partial charge in [0, 0.05) is 0 Å². The summed E-state index contributed by atoms with van der Waals surface area (Å²) >= 11 is 0. The van der Waals surface area contributed by atoms with E-state index in [-0.39, 0.29) is 25.9 Å². The highest BCUT2D eigenvalue weighted by Gasteiger charge is 2.39. The largest absolute Gasteiger partial charge is 0.481 e. The van der Waals surface area contributed by atoms with Crippen molar-refractivity contribution in [2.24, 2.45) is 5.41 Å². The fourth-order valence-corrected chi connectivity index (χ4v) is 1.60. The zero-order valence-corrected chi connectivity index (χ0v) is 9.85. The second-order valence-corrected chi connectivity index (χ2v) is 3.72. The van der Waals surface area contributed by atoms with E-state index in [9.17, 15) is 9.59 Å². The molecule has 0 aromatic carbocycles. The van der Waals surface area contributed by atoms with Crippen LogP contribution in [-0.2, 0) is 14.3 Å². The lowest BCUT2D eigenvalue weighted by Gasteiger charge is -2.27. The molecule has 0 aliphatic heterocycles. The number of hydrogen-bond acceptors (Lipinski definition) is 3. The molecule has 4 heteroatoms. The Labute approximate surface area is 101 Å². The summed E-state index contributed by atoms with van der Waals surface area (Å²) < 4.78 is 4.95. The van der Waals surface area contributed by atoms with E-state index in [0.29, 0.717) is 0 Å². The van der Waals surface area contributed by atoms with E-state index in [2.05, 4.69) is 19.7 Å². The van der Waals surface area contributed by atoms with Crippen molar-refractivity contribution in [3.05, 3.63) is 38.0 Å². The van der Waals surface area contributed by atoms with E-state index >= 15 is 0 Å². The van der Waals surface area contributed by atoms with E-state index in [4.69, 9.17) is 9.84 Å². The molecule has 0 bridgehead atoms. The van der Waals surface area contributed by atoms with Gasteiger partial charge in [0.2, 0.25) is 0 Å². The van der Waals surface area contributed by atoms with Crippen LogP contribution in [0.25, 0.3) is 0 Å². The van der Waals surface area contributed by atoms with Gasteiger partial charge in [0.1, 0.15) is 6.61 Å². The van der Waals surface area contributed by atoms with E-state index in [0.717, 1.165) is 0 Å². The Kier molecular flexibility index (Phi) is 6.63. The second kappa shape index (κ2) is 7.44. The van der Waals surface area contributed by atoms with Crippen molar-refractivity contribution in [1.82, 2.24) is 0 Å². The van der Waals surface area contributed by atoms with Gasteiger partial charge in [0.05, 0.1) is 11.8 Å². The summed E-state index contributed by atoms with van der Waals surface area (Å²) in [7, 11) is 0. The van der Waals surface area contributed by atoms with Crippen molar-refractivity contribution >= 4 is 11.9 Å². The van der Waals surface area contributed by atoms with Crippen molar-refractivity contribution in [2.45, 2.75) is 19.3 Å². The molecule has 1 N–H and O–H groups in total. The Morgan fingerprint density at radius 3 is 2.00 bits per heavy atom. The monoisotopic (exact) mass is 238 g/mol. The molecule has 0 aliphatic rings. The first-order valence-corrected chi connectivity index (χ1v) is 5.24. The van der Waals surface area contributed by atoms with Crippen molar-refractivity contribution in [3.63, 3.8) is 0 Å². The molecule has 0 aromatic rings. The number of ether oxygens (including phenoxy) is 1. The summed E-state index contributed by atoms with van der Waals surface area (Å²) in [6.07, 6.45) is 4.64. The smallest absolute Gasteiger partial charge is 0.313 e. The molecular weight excluding hydrogens is 220 g/mol. The lowest BCUT2D eigenvalue weighted by molar-refractivity contribution is -0.159. The number of aliphatic carboxylic acids is 1. The van der Waals surface area contributed by atoms with E-state index in [1.165, 1.54) is 18.2 Å². The number of carboxylic acids is 1. The van der Waals surface area contributed by atoms with Crippen LogP contribution in [0.5, 0.6) is 0 Å². The highest BCUT2D eigenvalue weighted by atomic mass is 16.5. The molecule has 17 heavy (non-hydrogen) atoms. The molecule has 0 aromatic heterocycles. The third-order valence-electron chi connectivity index (χ3n) is 2.33. The van der Waals surface area contributed by atoms with Crippen LogP contribution in [0, 0.1) is 5.41 Å². The van der Waals surface area contributed by atoms with Gasteiger partial charge >= 0.3 is 11.9 Å². The van der Waals surface area contributed by atoms with Crippen LogP contribution in [0.15, 0.2) is 38.0 Å². The van der Waals surface area contributed by atoms with Gasteiger partial charge in [-0.1, -0.05) is 24.8 Å². The van der Waals surface area contributed by atoms with Crippen molar-refractivity contribution in [3.8, 4) is 0 Å². The lowest BCUT2D eigenvalue weighted by atomic mass is 9.78. The number of rotatable bonds is 9. The number of hydrogen-bond donors (Lipinski definition) is 1. The topological polar surface area (TPSA) is 63.6 Å². The number of carbonyl (C=O) groups excluding carboxylic acids is 1. The molecule has 0 radical (unpaired) electrons. The van der Waals surface area contributed by atoms with E-state index in [1.54, 1.807) is 0 Å². The highest BCUT2D eigenvalue weighted by Crippen LogP contribution is 2.33. The molecule has 0 saturated carbocycles. The van der Waals surface area contributed by atoms with Gasteiger partial charge in [-0.05, 0) is 12.8 Å². The van der Waals surface area contributed by atoms with Gasteiger partial charge in [0.25, 0.3) is 0 Å². The first kappa shape index (κ1) is 15.2. The molecule has 0 spiro atoms. The van der Waals surface area contributed by atoms with Crippen LogP contribution >= 0.6 is 0 Å². The predicted octanol–water partition coefficient (Wildman–Crippen LogP) is 2.33. The summed E-state index contributed by atoms with van der Waals surface area (Å²) in [4.78, 5) is 22.8. The third kappa shape index (κ3) is 4.68. The summed E-state index contributed by atoms with van der Waals surface area (Å²) in [5, 5.41) is 8.88. The Morgan fingerprint density at radius 2 is 1.65 bits per heavy atom.